The van der Waals surface area contributed by atoms with Gasteiger partial charge < -0.3 is 10.2 Å². The van der Waals surface area contributed by atoms with Crippen molar-refractivity contribution in [1.82, 2.24) is 10.2 Å². The summed E-state index contributed by atoms with van der Waals surface area (Å²) in [5.41, 5.74) is 0. The zero-order valence-electron chi connectivity index (χ0n) is 9.38. The predicted molar refractivity (Wildman–Crippen MR) is 58.1 cm³/mol. The van der Waals surface area contributed by atoms with Crippen molar-refractivity contribution in [2.24, 2.45) is 5.92 Å². The van der Waals surface area contributed by atoms with Crippen molar-refractivity contribution in [3.05, 3.63) is 0 Å². The highest BCUT2D eigenvalue weighted by molar-refractivity contribution is 5.78. The monoisotopic (exact) mass is 198 g/mol. The molecule has 1 rings (SSSR count). The molecule has 1 fully saturated rings. The SMILES string of the molecule is CCCN(CC1CC1)C(=O)CNCC. The Hall–Kier alpha value is -0.570. The van der Waals surface area contributed by atoms with Gasteiger partial charge in [-0.2, -0.15) is 0 Å². The average Bonchev–Trinajstić information content (AvgIpc) is 2.97. The fourth-order valence-electron chi connectivity index (χ4n) is 1.54. The molecule has 0 aliphatic heterocycles. The fourth-order valence-corrected chi connectivity index (χ4v) is 1.54. The first kappa shape index (κ1) is 11.5. The maximum Gasteiger partial charge on any atom is 0.236 e. The van der Waals surface area contributed by atoms with Crippen molar-refractivity contribution in [3.63, 3.8) is 0 Å². The van der Waals surface area contributed by atoms with Crippen LogP contribution in [0.4, 0.5) is 0 Å². The molecular weight excluding hydrogens is 176 g/mol. The van der Waals surface area contributed by atoms with Crippen LogP contribution in [0.1, 0.15) is 33.1 Å². The van der Waals surface area contributed by atoms with Crippen molar-refractivity contribution in [2.45, 2.75) is 33.1 Å². The average molecular weight is 198 g/mol. The van der Waals surface area contributed by atoms with Crippen LogP contribution in [0.2, 0.25) is 0 Å². The van der Waals surface area contributed by atoms with E-state index in [1.165, 1.54) is 12.8 Å². The third-order valence-corrected chi connectivity index (χ3v) is 2.55. The van der Waals surface area contributed by atoms with E-state index in [9.17, 15) is 4.79 Å². The van der Waals surface area contributed by atoms with Gasteiger partial charge in [0.15, 0.2) is 0 Å². The van der Waals surface area contributed by atoms with E-state index in [2.05, 4.69) is 12.2 Å². The van der Waals surface area contributed by atoms with Gasteiger partial charge >= 0.3 is 0 Å². The maximum atomic E-state index is 11.7. The van der Waals surface area contributed by atoms with Crippen LogP contribution in [-0.4, -0.2) is 37.0 Å². The Morgan fingerprint density at radius 2 is 2.14 bits per heavy atom. The number of nitrogens with zero attached hydrogens (tertiary/aromatic N) is 1. The Morgan fingerprint density at radius 1 is 1.43 bits per heavy atom. The highest BCUT2D eigenvalue weighted by Gasteiger charge is 2.25. The molecule has 0 bridgehead atoms. The Balaban J connectivity index is 2.26. The number of rotatable bonds is 7. The smallest absolute Gasteiger partial charge is 0.236 e. The van der Waals surface area contributed by atoms with Crippen LogP contribution in [-0.2, 0) is 4.79 Å². The standard InChI is InChI=1S/C11H22N2O/c1-3-7-13(9-10-5-6-10)11(14)8-12-4-2/h10,12H,3-9H2,1-2H3. The predicted octanol–water partition coefficient (Wildman–Crippen LogP) is 1.24. The van der Waals surface area contributed by atoms with E-state index in [1.54, 1.807) is 0 Å². The van der Waals surface area contributed by atoms with Gasteiger partial charge in [0.1, 0.15) is 0 Å². The number of hydrogen-bond acceptors (Lipinski definition) is 2. The van der Waals surface area contributed by atoms with Gasteiger partial charge in [0.25, 0.3) is 0 Å². The van der Waals surface area contributed by atoms with Gasteiger partial charge in [-0.3, -0.25) is 4.79 Å². The highest BCUT2D eigenvalue weighted by Crippen LogP contribution is 2.29. The van der Waals surface area contributed by atoms with Crippen LogP contribution in [0.5, 0.6) is 0 Å². The second-order valence-corrected chi connectivity index (χ2v) is 4.06. The van der Waals surface area contributed by atoms with Crippen LogP contribution in [0, 0.1) is 5.92 Å². The molecule has 82 valence electrons. The minimum Gasteiger partial charge on any atom is -0.341 e. The number of nitrogens with one attached hydrogen (secondary N) is 1. The van der Waals surface area contributed by atoms with Crippen LogP contribution in [0.3, 0.4) is 0 Å². The summed E-state index contributed by atoms with van der Waals surface area (Å²) in [7, 11) is 0. The third kappa shape index (κ3) is 4.09. The van der Waals surface area contributed by atoms with E-state index in [1.807, 2.05) is 11.8 Å². The van der Waals surface area contributed by atoms with Gasteiger partial charge in [0.2, 0.25) is 5.91 Å². The number of carbonyl (C=O) groups is 1. The molecule has 14 heavy (non-hydrogen) atoms. The lowest BCUT2D eigenvalue weighted by Crippen LogP contribution is -2.39. The molecule has 1 aliphatic carbocycles. The molecule has 0 atom stereocenters. The summed E-state index contributed by atoms with van der Waals surface area (Å²) in [5.74, 6) is 1.06. The molecule has 0 aromatic carbocycles. The van der Waals surface area contributed by atoms with E-state index in [0.29, 0.717) is 6.54 Å². The molecular formula is C11H22N2O. The zero-order chi connectivity index (χ0) is 10.4. The lowest BCUT2D eigenvalue weighted by molar-refractivity contribution is -0.130. The molecule has 1 saturated carbocycles. The van der Waals surface area contributed by atoms with Crippen molar-refractivity contribution < 1.29 is 4.79 Å². The van der Waals surface area contributed by atoms with Crippen LogP contribution in [0.25, 0.3) is 0 Å². The van der Waals surface area contributed by atoms with Crippen molar-refractivity contribution in [1.29, 1.82) is 0 Å². The Morgan fingerprint density at radius 3 is 2.64 bits per heavy atom. The molecule has 0 radical (unpaired) electrons. The molecule has 0 saturated heterocycles. The van der Waals surface area contributed by atoms with E-state index in [4.69, 9.17) is 0 Å². The first-order valence-electron chi connectivity index (χ1n) is 5.76. The number of hydrogen-bond donors (Lipinski definition) is 1. The van der Waals surface area contributed by atoms with E-state index >= 15 is 0 Å². The summed E-state index contributed by atoms with van der Waals surface area (Å²) >= 11 is 0. The first-order valence-corrected chi connectivity index (χ1v) is 5.76. The Labute approximate surface area is 86.9 Å². The molecule has 3 heteroatoms. The molecule has 0 unspecified atom stereocenters. The summed E-state index contributed by atoms with van der Waals surface area (Å²) in [6.45, 7) is 7.43. The second-order valence-electron chi connectivity index (χ2n) is 4.06. The number of amides is 1. The van der Waals surface area contributed by atoms with E-state index in [-0.39, 0.29) is 5.91 Å². The lowest BCUT2D eigenvalue weighted by Gasteiger charge is -2.22. The van der Waals surface area contributed by atoms with Gasteiger partial charge in [-0.1, -0.05) is 13.8 Å². The topological polar surface area (TPSA) is 32.3 Å². The normalized spacial score (nSPS) is 15.6. The zero-order valence-corrected chi connectivity index (χ0v) is 9.38. The van der Waals surface area contributed by atoms with Crippen LogP contribution in [0.15, 0.2) is 0 Å². The van der Waals surface area contributed by atoms with Crippen molar-refractivity contribution in [3.8, 4) is 0 Å². The maximum absolute atomic E-state index is 11.7. The minimum atomic E-state index is 0.264. The highest BCUT2D eigenvalue weighted by atomic mass is 16.2. The van der Waals surface area contributed by atoms with Crippen molar-refractivity contribution >= 4 is 5.91 Å². The largest absolute Gasteiger partial charge is 0.341 e. The molecule has 0 aromatic heterocycles. The molecule has 0 aromatic rings. The van der Waals surface area contributed by atoms with Gasteiger partial charge in [0.05, 0.1) is 6.54 Å². The van der Waals surface area contributed by atoms with Crippen LogP contribution < -0.4 is 5.32 Å². The fraction of sp³-hybridized carbons (Fsp3) is 0.909. The van der Waals surface area contributed by atoms with E-state index < -0.39 is 0 Å². The summed E-state index contributed by atoms with van der Waals surface area (Å²) in [4.78, 5) is 13.7. The molecule has 3 nitrogen and oxygen atoms in total. The number of likely N-dealkylation sites (N-methyl/N-ethyl adjacent to an activating group) is 1. The number of carbonyl (C=O) groups excluding carboxylic acids is 1. The minimum absolute atomic E-state index is 0.264. The Bertz CT molecular complexity index is 178. The summed E-state index contributed by atoms with van der Waals surface area (Å²) < 4.78 is 0. The van der Waals surface area contributed by atoms with Gasteiger partial charge in [-0.25, -0.2) is 0 Å². The summed E-state index contributed by atoms with van der Waals surface area (Å²) in [6.07, 6.45) is 3.69. The van der Waals surface area contributed by atoms with Gasteiger partial charge in [-0.05, 0) is 31.7 Å². The lowest BCUT2D eigenvalue weighted by atomic mass is 10.3. The molecule has 1 N–H and O–H groups in total. The third-order valence-electron chi connectivity index (χ3n) is 2.55. The van der Waals surface area contributed by atoms with E-state index in [0.717, 1.165) is 32.0 Å². The second kappa shape index (κ2) is 6.02. The quantitative estimate of drug-likeness (QED) is 0.667. The van der Waals surface area contributed by atoms with Crippen molar-refractivity contribution in [2.75, 3.05) is 26.2 Å². The molecule has 0 heterocycles. The molecule has 0 spiro atoms. The summed E-state index contributed by atoms with van der Waals surface area (Å²) in [5, 5.41) is 3.09. The molecule has 1 aliphatic rings. The molecule has 1 amide bonds. The summed E-state index contributed by atoms with van der Waals surface area (Å²) in [6, 6.07) is 0. The van der Waals surface area contributed by atoms with Crippen LogP contribution >= 0.6 is 0 Å². The first-order chi connectivity index (χ1) is 6.77. The Kier molecular flexibility index (Phi) is 4.94. The van der Waals surface area contributed by atoms with Gasteiger partial charge in [0, 0.05) is 13.1 Å². The van der Waals surface area contributed by atoms with Gasteiger partial charge in [-0.15, -0.1) is 0 Å².